The predicted molar refractivity (Wildman–Crippen MR) is 117 cm³/mol. The second-order valence-electron chi connectivity index (χ2n) is 7.36. The largest absolute Gasteiger partial charge is 0.325 e. The number of nitrogens with one attached hydrogen (secondary N) is 1. The van der Waals surface area contributed by atoms with Crippen molar-refractivity contribution >= 4 is 23.2 Å². The van der Waals surface area contributed by atoms with Crippen LogP contribution in [0.3, 0.4) is 0 Å². The number of anilines is 1. The molecular weight excluding hydrogens is 394 g/mol. The second-order valence-corrected chi connectivity index (χ2v) is 7.36. The van der Waals surface area contributed by atoms with E-state index in [9.17, 15) is 14.4 Å². The summed E-state index contributed by atoms with van der Waals surface area (Å²) in [6.45, 7) is 5.10. The summed E-state index contributed by atoms with van der Waals surface area (Å²) >= 11 is 0. The number of Topliss-reactive ketones (excluding diaryl/α,β-unsaturated/α-hetero) is 1. The predicted octanol–water partition coefficient (Wildman–Crippen LogP) is 3.02. The molecule has 0 atom stereocenters. The number of carbonyl (C=O) groups is 2. The Morgan fingerprint density at radius 1 is 1.03 bits per heavy atom. The topological polar surface area (TPSA) is 98.4 Å². The third-order valence-electron chi connectivity index (χ3n) is 5.04. The summed E-state index contributed by atoms with van der Waals surface area (Å²) in [5, 5.41) is 7.16. The number of benzene rings is 2. The van der Waals surface area contributed by atoms with Crippen molar-refractivity contribution in [3.63, 3.8) is 0 Å². The molecule has 8 heteroatoms. The van der Waals surface area contributed by atoms with Gasteiger partial charge in [-0.2, -0.15) is 9.50 Å². The van der Waals surface area contributed by atoms with Crippen LogP contribution in [0.25, 0.3) is 17.2 Å². The molecule has 0 bridgehead atoms. The van der Waals surface area contributed by atoms with E-state index >= 15 is 0 Å². The van der Waals surface area contributed by atoms with Gasteiger partial charge in [0.1, 0.15) is 6.54 Å². The van der Waals surface area contributed by atoms with Gasteiger partial charge in [0.2, 0.25) is 11.7 Å². The van der Waals surface area contributed by atoms with E-state index in [1.165, 1.54) is 17.5 Å². The highest BCUT2D eigenvalue weighted by molar-refractivity contribution is 5.97. The van der Waals surface area contributed by atoms with Crippen molar-refractivity contribution in [2.24, 2.45) is 0 Å². The number of rotatable bonds is 5. The van der Waals surface area contributed by atoms with Gasteiger partial charge in [0.15, 0.2) is 11.6 Å². The number of aromatic nitrogens is 4. The molecule has 31 heavy (non-hydrogen) atoms. The van der Waals surface area contributed by atoms with Crippen LogP contribution in [0.4, 0.5) is 5.69 Å². The van der Waals surface area contributed by atoms with E-state index in [1.807, 2.05) is 31.2 Å². The number of carbonyl (C=O) groups excluding carboxylic acids is 2. The summed E-state index contributed by atoms with van der Waals surface area (Å²) in [6, 6.07) is 15.8. The highest BCUT2D eigenvalue weighted by Crippen LogP contribution is 2.20. The molecule has 0 aliphatic carbocycles. The Bertz CT molecular complexity index is 1380. The maximum absolute atomic E-state index is 12.7. The van der Waals surface area contributed by atoms with Gasteiger partial charge in [-0.3, -0.25) is 14.4 Å². The minimum Gasteiger partial charge on any atom is -0.325 e. The number of aryl methyl sites for hydroxylation is 2. The van der Waals surface area contributed by atoms with Gasteiger partial charge in [-0.15, -0.1) is 5.10 Å². The molecule has 0 radical (unpaired) electrons. The van der Waals surface area contributed by atoms with Crippen molar-refractivity contribution in [2.75, 3.05) is 5.32 Å². The molecule has 1 amide bonds. The zero-order valence-electron chi connectivity index (χ0n) is 17.4. The Kier molecular flexibility index (Phi) is 5.21. The van der Waals surface area contributed by atoms with Crippen LogP contribution in [-0.4, -0.2) is 30.9 Å². The Balaban J connectivity index is 1.69. The van der Waals surface area contributed by atoms with Crippen molar-refractivity contribution in [3.8, 4) is 11.4 Å². The Labute approximate surface area is 178 Å². The number of ketones is 1. The first-order valence-electron chi connectivity index (χ1n) is 9.77. The average Bonchev–Trinajstić information content (AvgIpc) is 3.17. The molecule has 0 saturated carbocycles. The van der Waals surface area contributed by atoms with Gasteiger partial charge in [-0.05, 0) is 38.5 Å². The molecule has 0 aliphatic rings. The standard InChI is InChI=1S/C23H21N5O3/c1-14-7-4-5-10-19(14)22-25-23-27(15(2)11-21(31)28(23)26-22)13-20(30)24-18-9-6-8-17(12-18)16(3)29/h4-12H,13H2,1-3H3,(H,24,30). The number of hydrogen-bond donors (Lipinski definition) is 1. The number of nitrogens with zero attached hydrogens (tertiary/aromatic N) is 4. The summed E-state index contributed by atoms with van der Waals surface area (Å²) < 4.78 is 2.85. The fraction of sp³-hybridized carbons (Fsp3) is 0.174. The molecule has 2 heterocycles. The number of hydrogen-bond acceptors (Lipinski definition) is 5. The molecule has 0 aliphatic heterocycles. The summed E-state index contributed by atoms with van der Waals surface area (Å²) in [7, 11) is 0. The molecule has 4 rings (SSSR count). The van der Waals surface area contributed by atoms with Gasteiger partial charge in [-0.25, -0.2) is 0 Å². The Morgan fingerprint density at radius 2 is 1.81 bits per heavy atom. The lowest BCUT2D eigenvalue weighted by Gasteiger charge is -2.12. The van der Waals surface area contributed by atoms with Crippen molar-refractivity contribution < 1.29 is 9.59 Å². The van der Waals surface area contributed by atoms with Crippen LogP contribution in [0.5, 0.6) is 0 Å². The minimum absolute atomic E-state index is 0.0637. The Morgan fingerprint density at radius 3 is 2.55 bits per heavy atom. The molecule has 2 aromatic heterocycles. The third kappa shape index (κ3) is 4.00. The van der Waals surface area contributed by atoms with Crippen LogP contribution in [-0.2, 0) is 11.3 Å². The van der Waals surface area contributed by atoms with Gasteiger partial charge in [0.05, 0.1) is 0 Å². The first-order valence-corrected chi connectivity index (χ1v) is 9.77. The summed E-state index contributed by atoms with van der Waals surface area (Å²) in [5.41, 5.74) is 3.12. The molecular formula is C23H21N5O3. The summed E-state index contributed by atoms with van der Waals surface area (Å²) in [5.74, 6) is 0.316. The molecule has 1 N–H and O–H groups in total. The zero-order chi connectivity index (χ0) is 22.1. The van der Waals surface area contributed by atoms with Crippen molar-refractivity contribution in [1.82, 2.24) is 19.2 Å². The Hall–Kier alpha value is -4.07. The van der Waals surface area contributed by atoms with Gasteiger partial charge < -0.3 is 9.88 Å². The SMILES string of the molecule is CC(=O)c1cccc(NC(=O)Cn2c(C)cc(=O)n3nc(-c4ccccc4C)nc23)c1. The van der Waals surface area contributed by atoms with E-state index < -0.39 is 0 Å². The van der Waals surface area contributed by atoms with Crippen LogP contribution >= 0.6 is 0 Å². The van der Waals surface area contributed by atoms with E-state index in [-0.39, 0.29) is 29.6 Å². The smallest absolute Gasteiger partial charge is 0.275 e. The number of fused-ring (bicyclic) bond motifs is 1. The van der Waals surface area contributed by atoms with Crippen LogP contribution in [0.2, 0.25) is 0 Å². The molecule has 0 spiro atoms. The lowest BCUT2D eigenvalue weighted by atomic mass is 10.1. The van der Waals surface area contributed by atoms with Crippen molar-refractivity contribution in [2.45, 2.75) is 27.3 Å². The van der Waals surface area contributed by atoms with E-state index in [0.29, 0.717) is 22.8 Å². The maximum atomic E-state index is 12.7. The van der Waals surface area contributed by atoms with Crippen LogP contribution in [0.1, 0.15) is 28.5 Å². The fourth-order valence-electron chi connectivity index (χ4n) is 3.40. The second kappa shape index (κ2) is 7.98. The van der Waals surface area contributed by atoms with Gasteiger partial charge in [0.25, 0.3) is 5.56 Å². The monoisotopic (exact) mass is 415 g/mol. The lowest BCUT2D eigenvalue weighted by Crippen LogP contribution is -2.25. The molecule has 0 unspecified atom stereocenters. The van der Waals surface area contributed by atoms with Crippen molar-refractivity contribution in [3.05, 3.63) is 81.8 Å². The van der Waals surface area contributed by atoms with Gasteiger partial charge in [0, 0.05) is 28.6 Å². The molecule has 2 aromatic carbocycles. The maximum Gasteiger partial charge on any atom is 0.275 e. The van der Waals surface area contributed by atoms with E-state index in [1.54, 1.807) is 35.8 Å². The quantitative estimate of drug-likeness (QED) is 0.505. The van der Waals surface area contributed by atoms with Crippen molar-refractivity contribution in [1.29, 1.82) is 0 Å². The zero-order valence-corrected chi connectivity index (χ0v) is 17.4. The molecule has 156 valence electrons. The van der Waals surface area contributed by atoms with Crippen LogP contribution < -0.4 is 10.9 Å². The highest BCUT2D eigenvalue weighted by atomic mass is 16.2. The lowest BCUT2D eigenvalue weighted by molar-refractivity contribution is -0.116. The number of amides is 1. The van der Waals surface area contributed by atoms with Gasteiger partial charge in [-0.1, -0.05) is 36.4 Å². The average molecular weight is 415 g/mol. The van der Waals surface area contributed by atoms with E-state index in [0.717, 1.165) is 11.1 Å². The summed E-state index contributed by atoms with van der Waals surface area (Å²) in [6.07, 6.45) is 0. The third-order valence-corrected chi connectivity index (χ3v) is 5.04. The van der Waals surface area contributed by atoms with Gasteiger partial charge >= 0.3 is 0 Å². The summed E-state index contributed by atoms with van der Waals surface area (Å²) in [4.78, 5) is 41.3. The highest BCUT2D eigenvalue weighted by Gasteiger charge is 2.16. The van der Waals surface area contributed by atoms with Crippen LogP contribution in [0.15, 0.2) is 59.4 Å². The molecule has 4 aromatic rings. The first-order chi connectivity index (χ1) is 14.8. The normalized spacial score (nSPS) is 10.9. The fourth-order valence-corrected chi connectivity index (χ4v) is 3.40. The molecule has 0 saturated heterocycles. The minimum atomic E-state index is -0.314. The van der Waals surface area contributed by atoms with E-state index in [2.05, 4.69) is 15.4 Å². The van der Waals surface area contributed by atoms with Crippen LogP contribution in [0, 0.1) is 13.8 Å². The molecule has 0 fully saturated rings. The molecule has 8 nitrogen and oxygen atoms in total. The van der Waals surface area contributed by atoms with E-state index in [4.69, 9.17) is 0 Å². The first kappa shape index (κ1) is 20.2.